The van der Waals surface area contributed by atoms with Gasteiger partial charge in [-0.3, -0.25) is 4.79 Å². The Balaban J connectivity index is 1.57. The molecule has 5 rings (SSSR count). The third-order valence-corrected chi connectivity index (χ3v) is 5.47. The summed E-state index contributed by atoms with van der Waals surface area (Å²) >= 11 is 0. The third kappa shape index (κ3) is 3.62. The van der Waals surface area contributed by atoms with Crippen LogP contribution in [0.5, 0.6) is 11.5 Å². The van der Waals surface area contributed by atoms with Crippen molar-refractivity contribution in [3.63, 3.8) is 0 Å². The summed E-state index contributed by atoms with van der Waals surface area (Å²) in [6.07, 6.45) is 1.17. The van der Waals surface area contributed by atoms with Crippen LogP contribution in [0.2, 0.25) is 0 Å². The fourth-order valence-corrected chi connectivity index (χ4v) is 3.99. The van der Waals surface area contributed by atoms with E-state index in [0.29, 0.717) is 30.2 Å². The Morgan fingerprint density at radius 3 is 2.81 bits per heavy atom. The summed E-state index contributed by atoms with van der Waals surface area (Å²) < 4.78 is 18.0. The van der Waals surface area contributed by atoms with E-state index in [1.807, 2.05) is 36.4 Å². The molecule has 0 fully saturated rings. The van der Waals surface area contributed by atoms with Crippen LogP contribution in [0.15, 0.2) is 71.3 Å². The molecule has 0 bridgehead atoms. The minimum absolute atomic E-state index is 0.128. The number of fused-ring (bicyclic) bond motifs is 2. The van der Waals surface area contributed by atoms with Crippen LogP contribution in [0.1, 0.15) is 22.8 Å². The number of rotatable bonds is 5. The highest BCUT2D eigenvalue weighted by atomic mass is 16.6. The average Bonchev–Trinajstić information content (AvgIpc) is 3.27. The van der Waals surface area contributed by atoms with Gasteiger partial charge >= 0.3 is 5.97 Å². The molecule has 156 valence electrons. The van der Waals surface area contributed by atoms with Crippen molar-refractivity contribution < 1.29 is 23.8 Å². The van der Waals surface area contributed by atoms with E-state index in [2.05, 4.69) is 6.07 Å². The Labute approximate surface area is 178 Å². The van der Waals surface area contributed by atoms with Crippen molar-refractivity contribution in [3.8, 4) is 22.6 Å². The number of carboxylic acid groups (broad SMARTS) is 1. The summed E-state index contributed by atoms with van der Waals surface area (Å²) in [5.41, 5.74) is 11.1. The molecule has 0 unspecified atom stereocenters. The number of furan rings is 1. The topological polar surface area (TPSA) is 94.9 Å². The number of ether oxygens (including phenoxy) is 2. The predicted molar refractivity (Wildman–Crippen MR) is 116 cm³/mol. The molecule has 1 aliphatic rings. The zero-order chi connectivity index (χ0) is 21.4. The largest absolute Gasteiger partial charge is 0.485 e. The SMILES string of the molecule is NCc1cccc(-c2cc([C@@H]3COc4cccc(CC(=O)O)c4O3)cc3ccoc23)c1. The molecule has 3 aromatic carbocycles. The van der Waals surface area contributed by atoms with Gasteiger partial charge < -0.3 is 24.7 Å². The molecule has 1 aliphatic heterocycles. The van der Waals surface area contributed by atoms with E-state index in [-0.39, 0.29) is 12.5 Å². The van der Waals surface area contributed by atoms with Gasteiger partial charge in [0.05, 0.1) is 12.7 Å². The fraction of sp³-hybridized carbons (Fsp3) is 0.160. The van der Waals surface area contributed by atoms with E-state index in [4.69, 9.17) is 19.6 Å². The molecule has 0 amide bonds. The van der Waals surface area contributed by atoms with Crippen molar-refractivity contribution >= 4 is 16.9 Å². The zero-order valence-electron chi connectivity index (χ0n) is 16.7. The van der Waals surface area contributed by atoms with E-state index < -0.39 is 5.97 Å². The van der Waals surface area contributed by atoms with Gasteiger partial charge in [-0.2, -0.15) is 0 Å². The lowest BCUT2D eigenvalue weighted by molar-refractivity contribution is -0.136. The first-order valence-electron chi connectivity index (χ1n) is 10.1. The average molecular weight is 415 g/mol. The first-order valence-corrected chi connectivity index (χ1v) is 10.1. The van der Waals surface area contributed by atoms with Crippen molar-refractivity contribution in [2.45, 2.75) is 19.1 Å². The molecule has 0 spiro atoms. The van der Waals surface area contributed by atoms with Crippen molar-refractivity contribution in [2.24, 2.45) is 5.73 Å². The van der Waals surface area contributed by atoms with Crippen molar-refractivity contribution in [2.75, 3.05) is 6.61 Å². The molecule has 3 N–H and O–H groups in total. The molecule has 1 aromatic heterocycles. The molecular formula is C25H21NO5. The first kappa shape index (κ1) is 19.2. The number of nitrogens with two attached hydrogens (primary N) is 1. The van der Waals surface area contributed by atoms with Gasteiger partial charge in [-0.1, -0.05) is 30.3 Å². The maximum atomic E-state index is 11.3. The number of aliphatic carboxylic acids is 1. The summed E-state index contributed by atoms with van der Waals surface area (Å²) in [4.78, 5) is 11.3. The molecule has 0 saturated carbocycles. The Kier molecular flexibility index (Phi) is 4.84. The molecule has 4 aromatic rings. The first-order chi connectivity index (χ1) is 15.1. The Morgan fingerprint density at radius 1 is 1.10 bits per heavy atom. The van der Waals surface area contributed by atoms with E-state index in [0.717, 1.165) is 33.2 Å². The molecular weight excluding hydrogens is 394 g/mol. The Bertz CT molecular complexity index is 1280. The third-order valence-electron chi connectivity index (χ3n) is 5.47. The highest BCUT2D eigenvalue weighted by Crippen LogP contribution is 2.41. The van der Waals surface area contributed by atoms with Gasteiger partial charge in [0, 0.05) is 23.1 Å². The second-order valence-corrected chi connectivity index (χ2v) is 7.54. The molecule has 0 aliphatic carbocycles. The van der Waals surface area contributed by atoms with Crippen LogP contribution in [0.4, 0.5) is 0 Å². The van der Waals surface area contributed by atoms with E-state index in [1.54, 1.807) is 24.5 Å². The lowest BCUT2D eigenvalue weighted by Crippen LogP contribution is -2.23. The molecule has 31 heavy (non-hydrogen) atoms. The number of hydrogen-bond acceptors (Lipinski definition) is 5. The normalized spacial score (nSPS) is 15.2. The Morgan fingerprint density at radius 2 is 1.97 bits per heavy atom. The highest BCUT2D eigenvalue weighted by Gasteiger charge is 2.27. The molecule has 6 nitrogen and oxygen atoms in total. The molecule has 0 radical (unpaired) electrons. The minimum Gasteiger partial charge on any atom is -0.485 e. The van der Waals surface area contributed by atoms with Crippen LogP contribution < -0.4 is 15.2 Å². The second-order valence-electron chi connectivity index (χ2n) is 7.54. The van der Waals surface area contributed by atoms with Crippen LogP contribution in [0.3, 0.4) is 0 Å². The zero-order valence-corrected chi connectivity index (χ0v) is 16.7. The number of carboxylic acids is 1. The van der Waals surface area contributed by atoms with Crippen LogP contribution in [0.25, 0.3) is 22.1 Å². The second kappa shape index (κ2) is 7.81. The lowest BCUT2D eigenvalue weighted by atomic mass is 9.96. The van der Waals surface area contributed by atoms with Crippen LogP contribution >= 0.6 is 0 Å². The van der Waals surface area contributed by atoms with Crippen molar-refractivity contribution in [1.82, 2.24) is 0 Å². The summed E-state index contributed by atoms with van der Waals surface area (Å²) in [6, 6.07) is 19.4. The number of carbonyl (C=O) groups is 1. The molecule has 1 atom stereocenters. The number of para-hydroxylation sites is 1. The molecule has 6 heteroatoms. The standard InChI is InChI=1S/C25H21NO5/c26-13-15-3-1-4-16(9-15)20-11-19(10-18-7-8-29-24(18)20)22-14-30-21-6-2-5-17(12-23(27)28)25(21)31-22/h1-11,22H,12-14,26H2,(H,27,28)/t22-/m0/s1. The lowest BCUT2D eigenvalue weighted by Gasteiger charge is -2.28. The quantitative estimate of drug-likeness (QED) is 0.491. The summed E-state index contributed by atoms with van der Waals surface area (Å²) in [6.45, 7) is 0.784. The van der Waals surface area contributed by atoms with Gasteiger partial charge in [0.25, 0.3) is 0 Å². The summed E-state index contributed by atoms with van der Waals surface area (Å²) in [7, 11) is 0. The van der Waals surface area contributed by atoms with Crippen LogP contribution in [-0.4, -0.2) is 17.7 Å². The molecule has 0 saturated heterocycles. The van der Waals surface area contributed by atoms with Gasteiger partial charge in [-0.25, -0.2) is 0 Å². The highest BCUT2D eigenvalue weighted by molar-refractivity contribution is 5.93. The maximum Gasteiger partial charge on any atom is 0.307 e. The maximum absolute atomic E-state index is 11.3. The smallest absolute Gasteiger partial charge is 0.307 e. The Hall–Kier alpha value is -3.77. The van der Waals surface area contributed by atoms with Gasteiger partial charge in [0.2, 0.25) is 0 Å². The summed E-state index contributed by atoms with van der Waals surface area (Å²) in [5, 5.41) is 10.2. The number of hydrogen-bond donors (Lipinski definition) is 2. The predicted octanol–water partition coefficient (Wildman–Crippen LogP) is 4.70. The minimum atomic E-state index is -0.916. The number of benzene rings is 3. The van der Waals surface area contributed by atoms with Crippen LogP contribution in [0, 0.1) is 0 Å². The van der Waals surface area contributed by atoms with Gasteiger partial charge in [-0.15, -0.1) is 0 Å². The van der Waals surface area contributed by atoms with E-state index in [9.17, 15) is 9.90 Å². The van der Waals surface area contributed by atoms with Crippen molar-refractivity contribution in [1.29, 1.82) is 0 Å². The van der Waals surface area contributed by atoms with Gasteiger partial charge in [0.15, 0.2) is 17.6 Å². The monoisotopic (exact) mass is 415 g/mol. The van der Waals surface area contributed by atoms with Gasteiger partial charge in [0.1, 0.15) is 12.2 Å². The molecule has 2 heterocycles. The van der Waals surface area contributed by atoms with E-state index >= 15 is 0 Å². The summed E-state index contributed by atoms with van der Waals surface area (Å²) in [5.74, 6) is 0.136. The van der Waals surface area contributed by atoms with Gasteiger partial charge in [-0.05, 0) is 47.0 Å². The van der Waals surface area contributed by atoms with E-state index in [1.165, 1.54) is 0 Å². The van der Waals surface area contributed by atoms with Crippen molar-refractivity contribution in [3.05, 3.63) is 83.6 Å². The fourth-order valence-electron chi connectivity index (χ4n) is 3.99. The van der Waals surface area contributed by atoms with Crippen LogP contribution in [-0.2, 0) is 17.8 Å².